The van der Waals surface area contributed by atoms with E-state index in [0.717, 1.165) is 24.2 Å². The summed E-state index contributed by atoms with van der Waals surface area (Å²) in [6.07, 6.45) is 2.04. The molecule has 0 aromatic heterocycles. The van der Waals surface area contributed by atoms with Gasteiger partial charge in [0.15, 0.2) is 0 Å². The summed E-state index contributed by atoms with van der Waals surface area (Å²) >= 11 is 0. The number of carbonyl (C=O) groups excluding carboxylic acids is 3. The molecule has 0 N–H and O–H groups in total. The first-order valence-corrected chi connectivity index (χ1v) is 11.1. The van der Waals surface area contributed by atoms with E-state index in [1.807, 2.05) is 26.0 Å². The number of carbonyl (C=O) groups is 3. The summed E-state index contributed by atoms with van der Waals surface area (Å²) in [6.45, 7) is 8.24. The van der Waals surface area contributed by atoms with Gasteiger partial charge >= 0.3 is 11.8 Å². The van der Waals surface area contributed by atoms with Crippen LogP contribution in [-0.2, 0) is 19.1 Å². The number of hydrogen-bond donors (Lipinski definition) is 0. The number of aryl methyl sites for hydroxylation is 2. The van der Waals surface area contributed by atoms with E-state index in [9.17, 15) is 14.4 Å². The number of rotatable bonds is 6. The Morgan fingerprint density at radius 1 is 0.871 bits per heavy atom. The Morgan fingerprint density at radius 2 is 1.48 bits per heavy atom. The highest BCUT2D eigenvalue weighted by atomic mass is 16.5. The number of nitrogens with zero attached hydrogens (tertiary/aromatic N) is 3. The molecule has 0 bridgehead atoms. The number of hydrogen-bond acceptors (Lipinski definition) is 5. The van der Waals surface area contributed by atoms with Crippen LogP contribution < -0.4 is 4.74 Å². The van der Waals surface area contributed by atoms with Gasteiger partial charge in [-0.05, 0) is 43.9 Å². The highest BCUT2D eigenvalue weighted by molar-refractivity contribution is 6.34. The van der Waals surface area contributed by atoms with Gasteiger partial charge in [0.25, 0.3) is 0 Å². The van der Waals surface area contributed by atoms with Gasteiger partial charge in [-0.2, -0.15) is 0 Å². The number of morpholine rings is 1. The maximum absolute atomic E-state index is 12.5. The number of piperazine rings is 1. The quantitative estimate of drug-likeness (QED) is 0.502. The first-order chi connectivity index (χ1) is 15.0. The van der Waals surface area contributed by atoms with Gasteiger partial charge in [0, 0.05) is 45.7 Å². The zero-order valence-corrected chi connectivity index (χ0v) is 18.6. The first-order valence-electron chi connectivity index (χ1n) is 11.1. The molecule has 0 spiro atoms. The lowest BCUT2D eigenvalue weighted by Crippen LogP contribution is -2.55. The van der Waals surface area contributed by atoms with Crippen molar-refractivity contribution in [1.29, 1.82) is 0 Å². The number of benzene rings is 1. The normalized spacial score (nSPS) is 16.9. The van der Waals surface area contributed by atoms with Crippen molar-refractivity contribution in [1.82, 2.24) is 14.7 Å². The Kier molecular flexibility index (Phi) is 8.28. The summed E-state index contributed by atoms with van der Waals surface area (Å²) in [5.74, 6) is 0.0570. The van der Waals surface area contributed by atoms with Crippen molar-refractivity contribution in [2.24, 2.45) is 0 Å². The zero-order chi connectivity index (χ0) is 22.2. The predicted octanol–water partition coefficient (Wildman–Crippen LogP) is 1.38. The molecule has 3 rings (SSSR count). The molecule has 0 aliphatic carbocycles. The Bertz CT molecular complexity index is 783. The van der Waals surface area contributed by atoms with Gasteiger partial charge in [0.2, 0.25) is 5.91 Å². The minimum absolute atomic E-state index is 0.0957. The molecule has 2 fully saturated rings. The Balaban J connectivity index is 1.33. The second kappa shape index (κ2) is 11.1. The second-order valence-electron chi connectivity index (χ2n) is 8.15. The van der Waals surface area contributed by atoms with Crippen LogP contribution in [-0.4, -0.2) is 91.5 Å². The molecular weight excluding hydrogens is 398 g/mol. The lowest BCUT2D eigenvalue weighted by atomic mass is 10.1. The van der Waals surface area contributed by atoms with Gasteiger partial charge in [-0.15, -0.1) is 0 Å². The standard InChI is InChI=1S/C23H33N3O5/c1-18-6-7-19(2)20(17-18)31-14-4-3-5-21(27)24-8-10-25(11-9-24)22(28)23(29)26-12-15-30-16-13-26/h6-7,17H,3-5,8-16H2,1-2H3. The van der Waals surface area contributed by atoms with E-state index >= 15 is 0 Å². The van der Waals surface area contributed by atoms with Crippen LogP contribution in [0.2, 0.25) is 0 Å². The third-order valence-corrected chi connectivity index (χ3v) is 5.79. The summed E-state index contributed by atoms with van der Waals surface area (Å²) in [4.78, 5) is 42.2. The number of unbranched alkanes of at least 4 members (excludes halogenated alkanes) is 1. The minimum Gasteiger partial charge on any atom is -0.493 e. The molecule has 2 saturated heterocycles. The van der Waals surface area contributed by atoms with Crippen molar-refractivity contribution < 1.29 is 23.9 Å². The molecule has 8 nitrogen and oxygen atoms in total. The first kappa shape index (κ1) is 23.1. The van der Waals surface area contributed by atoms with E-state index in [-0.39, 0.29) is 5.91 Å². The van der Waals surface area contributed by atoms with Crippen molar-refractivity contribution in [3.63, 3.8) is 0 Å². The average Bonchev–Trinajstić information content (AvgIpc) is 2.80. The molecule has 0 saturated carbocycles. The Labute approximate surface area is 184 Å². The van der Waals surface area contributed by atoms with Crippen LogP contribution in [0.25, 0.3) is 0 Å². The monoisotopic (exact) mass is 431 g/mol. The average molecular weight is 432 g/mol. The van der Waals surface area contributed by atoms with Gasteiger partial charge in [0.05, 0.1) is 19.8 Å². The highest BCUT2D eigenvalue weighted by Crippen LogP contribution is 2.19. The molecule has 31 heavy (non-hydrogen) atoms. The topological polar surface area (TPSA) is 79.4 Å². The summed E-state index contributed by atoms with van der Waals surface area (Å²) in [5.41, 5.74) is 2.28. The van der Waals surface area contributed by atoms with Crippen molar-refractivity contribution in [3.8, 4) is 5.75 Å². The van der Waals surface area contributed by atoms with Crippen molar-refractivity contribution in [3.05, 3.63) is 29.3 Å². The van der Waals surface area contributed by atoms with Crippen LogP contribution in [0.5, 0.6) is 5.75 Å². The lowest BCUT2D eigenvalue weighted by molar-refractivity contribution is -0.155. The molecule has 0 atom stereocenters. The molecule has 2 aliphatic heterocycles. The summed E-state index contributed by atoms with van der Waals surface area (Å²) in [5, 5.41) is 0. The zero-order valence-electron chi connectivity index (χ0n) is 18.6. The van der Waals surface area contributed by atoms with Crippen molar-refractivity contribution in [2.45, 2.75) is 33.1 Å². The summed E-state index contributed by atoms with van der Waals surface area (Å²) in [6, 6.07) is 6.14. The summed E-state index contributed by atoms with van der Waals surface area (Å²) < 4.78 is 11.1. The Morgan fingerprint density at radius 3 is 2.16 bits per heavy atom. The molecule has 8 heteroatoms. The van der Waals surface area contributed by atoms with E-state index in [2.05, 4.69) is 6.07 Å². The van der Waals surface area contributed by atoms with Crippen LogP contribution in [0, 0.1) is 13.8 Å². The Hall–Kier alpha value is -2.61. The fourth-order valence-corrected chi connectivity index (χ4v) is 3.78. The molecule has 2 aliphatic rings. The number of amides is 3. The van der Waals surface area contributed by atoms with Gasteiger partial charge in [-0.25, -0.2) is 0 Å². The van der Waals surface area contributed by atoms with Crippen LogP contribution in [0.1, 0.15) is 30.4 Å². The molecule has 1 aromatic rings. The van der Waals surface area contributed by atoms with Crippen LogP contribution in [0.3, 0.4) is 0 Å². The SMILES string of the molecule is Cc1ccc(C)c(OCCCCC(=O)N2CCN(C(=O)C(=O)N3CCOCC3)CC2)c1. The van der Waals surface area contributed by atoms with Crippen molar-refractivity contribution >= 4 is 17.7 Å². The van der Waals surface area contributed by atoms with Gasteiger partial charge in [-0.3, -0.25) is 14.4 Å². The lowest BCUT2D eigenvalue weighted by Gasteiger charge is -2.36. The smallest absolute Gasteiger partial charge is 0.312 e. The van der Waals surface area contributed by atoms with E-state index in [4.69, 9.17) is 9.47 Å². The van der Waals surface area contributed by atoms with Crippen LogP contribution in [0.4, 0.5) is 0 Å². The fourth-order valence-electron chi connectivity index (χ4n) is 3.78. The molecule has 3 amide bonds. The van der Waals surface area contributed by atoms with Crippen molar-refractivity contribution in [2.75, 3.05) is 59.1 Å². The van der Waals surface area contributed by atoms with Gasteiger partial charge < -0.3 is 24.2 Å². The molecule has 170 valence electrons. The molecule has 2 heterocycles. The number of ether oxygens (including phenoxy) is 2. The maximum Gasteiger partial charge on any atom is 0.312 e. The molecule has 0 radical (unpaired) electrons. The second-order valence-corrected chi connectivity index (χ2v) is 8.15. The third kappa shape index (κ3) is 6.43. The molecule has 1 aromatic carbocycles. The predicted molar refractivity (Wildman–Crippen MR) is 116 cm³/mol. The summed E-state index contributed by atoms with van der Waals surface area (Å²) in [7, 11) is 0. The third-order valence-electron chi connectivity index (χ3n) is 5.79. The maximum atomic E-state index is 12.5. The van der Waals surface area contributed by atoms with E-state index in [0.29, 0.717) is 65.5 Å². The highest BCUT2D eigenvalue weighted by Gasteiger charge is 2.31. The van der Waals surface area contributed by atoms with Gasteiger partial charge in [-0.1, -0.05) is 12.1 Å². The van der Waals surface area contributed by atoms with Crippen LogP contribution in [0.15, 0.2) is 18.2 Å². The van der Waals surface area contributed by atoms with E-state index < -0.39 is 11.8 Å². The van der Waals surface area contributed by atoms with E-state index in [1.54, 1.807) is 14.7 Å². The fraction of sp³-hybridized carbons (Fsp3) is 0.609. The largest absolute Gasteiger partial charge is 0.493 e. The van der Waals surface area contributed by atoms with Crippen LogP contribution >= 0.6 is 0 Å². The van der Waals surface area contributed by atoms with Gasteiger partial charge in [0.1, 0.15) is 5.75 Å². The van der Waals surface area contributed by atoms with E-state index in [1.165, 1.54) is 5.56 Å². The minimum atomic E-state index is -0.474. The molecular formula is C23H33N3O5. The molecule has 0 unspecified atom stereocenters.